The molecule has 3 fully saturated rings. The summed E-state index contributed by atoms with van der Waals surface area (Å²) in [5.74, 6) is -4.71. The molecule has 17 nitrogen and oxygen atoms in total. The highest BCUT2D eigenvalue weighted by Gasteiger charge is 2.78. The summed E-state index contributed by atoms with van der Waals surface area (Å²) in [6, 6.07) is 16.0. The first-order valence-electron chi connectivity index (χ1n) is 21.9. The number of esters is 3. The number of benzene rings is 2. The Balaban J connectivity index is 1.54. The monoisotopic (exact) mass is 909 g/mol. The minimum atomic E-state index is -2.17. The standard InChI is InChI=1S/C48H63NO16/c1-27-32(63-42(55)37(53)36(31-18-14-11-15-19-31)49-43(56)65-44(4,5)6)23-48(57)41(59-24-30-16-12-10-13-17-30)39-46(9,40(54)38(62-28(2)51)35(27)45(48,7)8)33(61-26-58-21-20-50)22-34-47(39,25-60-34)64-29(3)52/h10-19,32-34,36-39,41,50,53,57H,20-26H2,1-9H3,(H,49,56)/t32?,33-,34+,36-,37+,38+,39?,41-,46+,47-,48+/m0/s1. The average molecular weight is 910 g/mol. The maximum Gasteiger partial charge on any atom is 0.408 e. The molecule has 11 atom stereocenters. The first kappa shape index (κ1) is 49.7. The molecule has 2 bridgehead atoms. The van der Waals surface area contributed by atoms with E-state index in [2.05, 4.69) is 5.32 Å². The summed E-state index contributed by atoms with van der Waals surface area (Å²) in [6.07, 6.45) is -9.89. The van der Waals surface area contributed by atoms with E-state index in [9.17, 15) is 34.5 Å². The van der Waals surface area contributed by atoms with Crippen LogP contribution in [0.1, 0.15) is 92.3 Å². The summed E-state index contributed by atoms with van der Waals surface area (Å²) in [6.45, 7) is 12.8. The van der Waals surface area contributed by atoms with Crippen molar-refractivity contribution in [2.24, 2.45) is 16.7 Å². The highest BCUT2D eigenvalue weighted by atomic mass is 16.7. The van der Waals surface area contributed by atoms with Crippen molar-refractivity contribution in [1.82, 2.24) is 5.32 Å². The van der Waals surface area contributed by atoms with Gasteiger partial charge >= 0.3 is 24.0 Å². The van der Waals surface area contributed by atoms with Gasteiger partial charge in [-0.05, 0) is 56.9 Å². The molecule has 2 unspecified atom stereocenters. The van der Waals surface area contributed by atoms with Crippen LogP contribution in [0.2, 0.25) is 0 Å². The molecular weight excluding hydrogens is 847 g/mol. The molecular formula is C48H63NO16. The smallest absolute Gasteiger partial charge is 0.408 e. The number of carbonyl (C=O) groups excluding carboxylic acids is 5. The summed E-state index contributed by atoms with van der Waals surface area (Å²) in [5.41, 5.74) is -6.61. The molecule has 4 N–H and O–H groups in total. The lowest BCUT2D eigenvalue weighted by molar-refractivity contribution is -0.357. The fourth-order valence-electron chi connectivity index (χ4n) is 10.3. The average Bonchev–Trinajstić information content (AvgIpc) is 3.22. The van der Waals surface area contributed by atoms with Gasteiger partial charge in [-0.2, -0.15) is 0 Å². The van der Waals surface area contributed by atoms with Crippen LogP contribution < -0.4 is 5.32 Å². The zero-order valence-corrected chi connectivity index (χ0v) is 38.5. The number of aliphatic hydroxyl groups excluding tert-OH is 2. The third-order valence-corrected chi connectivity index (χ3v) is 13.4. The van der Waals surface area contributed by atoms with Crippen molar-refractivity contribution >= 4 is 29.8 Å². The van der Waals surface area contributed by atoms with Gasteiger partial charge in [0.2, 0.25) is 0 Å². The molecule has 17 heteroatoms. The van der Waals surface area contributed by atoms with Gasteiger partial charge in [0.1, 0.15) is 30.2 Å². The molecule has 65 heavy (non-hydrogen) atoms. The Bertz CT molecular complexity index is 2100. The molecule has 1 aliphatic heterocycles. The van der Waals surface area contributed by atoms with Crippen LogP contribution in [0, 0.1) is 16.7 Å². The normalized spacial score (nSPS) is 31.4. The summed E-state index contributed by atoms with van der Waals surface area (Å²) in [4.78, 5) is 69.8. The maximum absolute atomic E-state index is 15.9. The number of carbonyl (C=O) groups is 5. The number of rotatable bonds is 15. The largest absolute Gasteiger partial charge is 0.456 e. The third-order valence-electron chi connectivity index (χ3n) is 13.4. The van der Waals surface area contributed by atoms with E-state index in [-0.39, 0.29) is 50.8 Å². The van der Waals surface area contributed by atoms with Crippen LogP contribution in [-0.4, -0.2) is 125 Å². The highest BCUT2D eigenvalue weighted by molar-refractivity contribution is 5.95. The quantitative estimate of drug-likeness (QED) is 0.0646. The Morgan fingerprint density at radius 1 is 0.938 bits per heavy atom. The first-order valence-corrected chi connectivity index (χ1v) is 21.9. The molecule has 1 saturated heterocycles. The Morgan fingerprint density at radius 3 is 2.15 bits per heavy atom. The molecule has 0 radical (unpaired) electrons. The predicted molar refractivity (Wildman–Crippen MR) is 229 cm³/mol. The lowest BCUT2D eigenvalue weighted by Gasteiger charge is -2.68. The van der Waals surface area contributed by atoms with Crippen LogP contribution >= 0.6 is 0 Å². The van der Waals surface area contributed by atoms with E-state index in [1.165, 1.54) is 6.92 Å². The second-order valence-corrected chi connectivity index (χ2v) is 19.1. The topological polar surface area (TPSA) is 232 Å². The molecule has 1 amide bonds. The van der Waals surface area contributed by atoms with Crippen molar-refractivity contribution in [2.45, 2.75) is 141 Å². The van der Waals surface area contributed by atoms with Gasteiger partial charge in [-0.15, -0.1) is 0 Å². The van der Waals surface area contributed by atoms with Crippen molar-refractivity contribution in [1.29, 1.82) is 0 Å². The van der Waals surface area contributed by atoms with Crippen LogP contribution in [0.5, 0.6) is 0 Å². The Labute approximate surface area is 379 Å². The summed E-state index contributed by atoms with van der Waals surface area (Å²) in [7, 11) is 0. The zero-order valence-electron chi connectivity index (χ0n) is 38.5. The minimum Gasteiger partial charge on any atom is -0.456 e. The number of alkyl carbamates (subject to hydrolysis) is 1. The summed E-state index contributed by atoms with van der Waals surface area (Å²) >= 11 is 0. The fraction of sp³-hybridized carbons (Fsp3) is 0.604. The molecule has 3 aliphatic carbocycles. The minimum absolute atomic E-state index is 0.00455. The van der Waals surface area contributed by atoms with Gasteiger partial charge < -0.3 is 58.5 Å². The maximum atomic E-state index is 15.9. The molecule has 2 aromatic rings. The van der Waals surface area contributed by atoms with E-state index < -0.39 is 112 Å². The van der Waals surface area contributed by atoms with Crippen molar-refractivity contribution in [3.05, 3.63) is 82.9 Å². The van der Waals surface area contributed by atoms with Gasteiger partial charge in [0, 0.05) is 38.0 Å². The number of Topliss-reactive ketones (excluding diaryl/α,β-unsaturated/α-hetero) is 1. The number of hydrogen-bond acceptors (Lipinski definition) is 16. The van der Waals surface area contributed by atoms with Crippen LogP contribution in [0.25, 0.3) is 0 Å². The van der Waals surface area contributed by atoms with Gasteiger partial charge in [-0.3, -0.25) is 14.4 Å². The molecule has 6 rings (SSSR count). The molecule has 2 aromatic carbocycles. The van der Waals surface area contributed by atoms with Crippen molar-refractivity contribution in [3.63, 3.8) is 0 Å². The van der Waals surface area contributed by atoms with Crippen molar-refractivity contribution < 1.29 is 77.2 Å². The van der Waals surface area contributed by atoms with E-state index in [1.807, 2.05) is 30.3 Å². The number of ether oxygens (including phenoxy) is 8. The second-order valence-electron chi connectivity index (χ2n) is 19.1. The lowest BCUT2D eigenvalue weighted by Crippen LogP contribution is -2.82. The summed E-state index contributed by atoms with van der Waals surface area (Å²) < 4.78 is 48.8. The van der Waals surface area contributed by atoms with E-state index >= 15 is 4.79 Å². The van der Waals surface area contributed by atoms with Crippen LogP contribution in [0.15, 0.2) is 71.8 Å². The van der Waals surface area contributed by atoms with Gasteiger partial charge in [-0.25, -0.2) is 9.59 Å². The Morgan fingerprint density at radius 2 is 1.58 bits per heavy atom. The molecule has 0 aromatic heterocycles. The molecule has 4 aliphatic rings. The molecule has 2 saturated carbocycles. The SMILES string of the molecule is CC(=O)O[C@H]1C(=O)[C@@]2(C)C([C@H](OCc3ccccc3)[C@]3(O)CC(OC(=O)[C@H](O)[C@@H](NC(=O)OC(C)(C)C)c4ccccc4)C(C)=C1C3(C)C)[C@]1(OC(C)=O)CO[C@@H]1C[C@@H]2OCOCCO. The first-order chi connectivity index (χ1) is 30.5. The van der Waals surface area contributed by atoms with Gasteiger partial charge in [0.05, 0.1) is 50.1 Å². The van der Waals surface area contributed by atoms with Crippen LogP contribution in [-0.2, 0) is 63.7 Å². The van der Waals surface area contributed by atoms with Crippen LogP contribution in [0.3, 0.4) is 0 Å². The number of hydrogen-bond donors (Lipinski definition) is 4. The van der Waals surface area contributed by atoms with Gasteiger partial charge in [0.25, 0.3) is 0 Å². The zero-order chi connectivity index (χ0) is 47.7. The number of ketones is 1. The molecule has 356 valence electrons. The van der Waals surface area contributed by atoms with E-state index in [0.717, 1.165) is 6.92 Å². The van der Waals surface area contributed by atoms with E-state index in [0.29, 0.717) is 11.1 Å². The molecule has 1 heterocycles. The number of aliphatic hydroxyl groups is 3. The van der Waals surface area contributed by atoms with Crippen molar-refractivity contribution in [3.8, 4) is 0 Å². The molecule has 0 spiro atoms. The van der Waals surface area contributed by atoms with Crippen molar-refractivity contribution in [2.75, 3.05) is 26.6 Å². The van der Waals surface area contributed by atoms with Gasteiger partial charge in [0.15, 0.2) is 23.6 Å². The number of amides is 1. The number of nitrogens with one attached hydrogen (secondary N) is 1. The van der Waals surface area contributed by atoms with Gasteiger partial charge in [-0.1, -0.05) is 74.5 Å². The third kappa shape index (κ3) is 9.60. The predicted octanol–water partition coefficient (Wildman–Crippen LogP) is 4.18. The Hall–Kier alpha value is -4.75. The van der Waals surface area contributed by atoms with E-state index in [4.69, 9.17) is 37.9 Å². The highest BCUT2D eigenvalue weighted by Crippen LogP contribution is 2.65. The lowest BCUT2D eigenvalue weighted by atomic mass is 9.44. The number of fused-ring (bicyclic) bond motifs is 5. The van der Waals surface area contributed by atoms with E-state index in [1.54, 1.807) is 78.8 Å². The fourth-order valence-corrected chi connectivity index (χ4v) is 10.3. The van der Waals surface area contributed by atoms with Crippen LogP contribution in [0.4, 0.5) is 4.79 Å². The second kappa shape index (κ2) is 19.2. The Kier molecular flexibility index (Phi) is 14.7. The summed E-state index contributed by atoms with van der Waals surface area (Å²) in [5, 5.41) is 37.7.